The molecule has 0 saturated heterocycles. The lowest BCUT2D eigenvalue weighted by Gasteiger charge is -2.32. The van der Waals surface area contributed by atoms with Crippen molar-refractivity contribution in [1.29, 1.82) is 0 Å². The van der Waals surface area contributed by atoms with E-state index in [2.05, 4.69) is 25.3 Å². The van der Waals surface area contributed by atoms with E-state index in [1.807, 2.05) is 60.7 Å². The minimum Gasteiger partial charge on any atom is -0.463 e. The highest BCUT2D eigenvalue weighted by Gasteiger charge is 2.42. The molecule has 0 bridgehead atoms. The summed E-state index contributed by atoms with van der Waals surface area (Å²) in [6, 6.07) is 19.7. The third-order valence-corrected chi connectivity index (χ3v) is 4.87. The van der Waals surface area contributed by atoms with Crippen LogP contribution in [0.25, 0.3) is 0 Å². The van der Waals surface area contributed by atoms with Crippen LogP contribution in [-0.4, -0.2) is 37.1 Å². The number of esters is 1. The van der Waals surface area contributed by atoms with E-state index in [0.717, 1.165) is 30.8 Å². The molecule has 0 saturated carbocycles. The van der Waals surface area contributed by atoms with Gasteiger partial charge >= 0.3 is 5.97 Å². The first-order chi connectivity index (χ1) is 12.7. The van der Waals surface area contributed by atoms with E-state index in [-0.39, 0.29) is 18.4 Å². The predicted molar refractivity (Wildman–Crippen MR) is 114 cm³/mol. The van der Waals surface area contributed by atoms with Gasteiger partial charge in [-0.15, -0.1) is 19.0 Å². The Balaban J connectivity index is 0.00000364. The van der Waals surface area contributed by atoms with E-state index < -0.39 is 5.41 Å². The minimum absolute atomic E-state index is 0. The maximum absolute atomic E-state index is 13.3. The second-order valence-electron chi connectivity index (χ2n) is 6.29. The summed E-state index contributed by atoms with van der Waals surface area (Å²) < 4.78 is 5.77. The number of carbonyl (C=O) groups is 1. The van der Waals surface area contributed by atoms with Crippen LogP contribution >= 0.6 is 12.4 Å². The zero-order chi connectivity index (χ0) is 18.8. The van der Waals surface area contributed by atoms with Crippen LogP contribution in [0.15, 0.2) is 73.3 Å². The molecule has 2 aromatic rings. The van der Waals surface area contributed by atoms with Crippen molar-refractivity contribution in [3.05, 3.63) is 84.4 Å². The predicted octanol–water partition coefficient (Wildman–Crippen LogP) is 4.86. The maximum Gasteiger partial charge on any atom is 0.321 e. The van der Waals surface area contributed by atoms with Gasteiger partial charge in [0, 0.05) is 6.54 Å². The summed E-state index contributed by atoms with van der Waals surface area (Å²) in [5.41, 5.74) is 0.992. The number of allylic oxidation sites excluding steroid dienone is 1. The van der Waals surface area contributed by atoms with Crippen molar-refractivity contribution in [3.63, 3.8) is 0 Å². The second-order valence-corrected chi connectivity index (χ2v) is 6.29. The van der Waals surface area contributed by atoms with Crippen LogP contribution in [0.2, 0.25) is 0 Å². The number of likely N-dealkylation sites (N-methyl/N-ethyl adjacent to an activating group) is 1. The number of ether oxygens (including phenoxy) is 1. The lowest BCUT2D eigenvalue weighted by atomic mass is 9.72. The number of halogens is 1. The van der Waals surface area contributed by atoms with Crippen LogP contribution in [0.3, 0.4) is 0 Å². The molecule has 146 valence electrons. The molecular formula is C23H30ClNO2. The Bertz CT molecular complexity index is 645. The molecule has 0 N–H and O–H groups in total. The molecule has 0 spiro atoms. The van der Waals surface area contributed by atoms with Crippen molar-refractivity contribution >= 4 is 18.4 Å². The first-order valence-electron chi connectivity index (χ1n) is 9.30. The largest absolute Gasteiger partial charge is 0.463 e. The molecule has 0 aliphatic rings. The summed E-state index contributed by atoms with van der Waals surface area (Å²) in [5, 5.41) is 0. The SMILES string of the molecule is C=CCC(C(=O)OCCN(CC)CC)(c1ccccc1)c1ccccc1.Cl. The van der Waals surface area contributed by atoms with E-state index in [1.54, 1.807) is 6.08 Å². The molecule has 0 atom stereocenters. The van der Waals surface area contributed by atoms with Crippen LogP contribution < -0.4 is 0 Å². The Morgan fingerprint density at radius 2 is 1.48 bits per heavy atom. The van der Waals surface area contributed by atoms with Crippen molar-refractivity contribution < 1.29 is 9.53 Å². The summed E-state index contributed by atoms with van der Waals surface area (Å²) in [6.45, 7) is 11.1. The van der Waals surface area contributed by atoms with Crippen LogP contribution in [-0.2, 0) is 14.9 Å². The molecule has 0 aliphatic carbocycles. The zero-order valence-electron chi connectivity index (χ0n) is 16.3. The highest BCUT2D eigenvalue weighted by atomic mass is 35.5. The molecule has 2 aromatic carbocycles. The molecule has 0 aromatic heterocycles. The number of hydrogen-bond acceptors (Lipinski definition) is 3. The molecule has 0 amide bonds. The Morgan fingerprint density at radius 1 is 1.00 bits per heavy atom. The van der Waals surface area contributed by atoms with Gasteiger partial charge in [-0.2, -0.15) is 0 Å². The van der Waals surface area contributed by atoms with E-state index >= 15 is 0 Å². The summed E-state index contributed by atoms with van der Waals surface area (Å²) in [7, 11) is 0. The zero-order valence-corrected chi connectivity index (χ0v) is 17.1. The van der Waals surface area contributed by atoms with E-state index in [9.17, 15) is 4.79 Å². The summed E-state index contributed by atoms with van der Waals surface area (Å²) >= 11 is 0. The summed E-state index contributed by atoms with van der Waals surface area (Å²) in [4.78, 5) is 15.6. The van der Waals surface area contributed by atoms with Crippen molar-refractivity contribution in [2.75, 3.05) is 26.2 Å². The first-order valence-corrected chi connectivity index (χ1v) is 9.30. The van der Waals surface area contributed by atoms with Gasteiger partial charge in [-0.05, 0) is 30.6 Å². The van der Waals surface area contributed by atoms with Crippen LogP contribution in [0.1, 0.15) is 31.4 Å². The normalized spacial score (nSPS) is 10.9. The fourth-order valence-electron chi connectivity index (χ4n) is 3.31. The van der Waals surface area contributed by atoms with Crippen molar-refractivity contribution in [1.82, 2.24) is 4.90 Å². The molecule has 4 heteroatoms. The van der Waals surface area contributed by atoms with Gasteiger partial charge in [0.15, 0.2) is 0 Å². The molecule has 27 heavy (non-hydrogen) atoms. The second kappa shape index (κ2) is 11.6. The van der Waals surface area contributed by atoms with Crippen molar-refractivity contribution in [2.45, 2.75) is 25.7 Å². The Labute approximate surface area is 169 Å². The van der Waals surface area contributed by atoms with Crippen molar-refractivity contribution in [3.8, 4) is 0 Å². The first kappa shape index (κ1) is 22.9. The highest BCUT2D eigenvalue weighted by molar-refractivity contribution is 5.88. The average molecular weight is 388 g/mol. The Hall–Kier alpha value is -2.10. The third-order valence-electron chi connectivity index (χ3n) is 4.87. The van der Waals surface area contributed by atoms with Gasteiger partial charge < -0.3 is 9.64 Å². The summed E-state index contributed by atoms with van der Waals surface area (Å²) in [5.74, 6) is -0.220. The average Bonchev–Trinajstić information content (AvgIpc) is 2.70. The number of nitrogens with zero attached hydrogens (tertiary/aromatic N) is 1. The van der Waals surface area contributed by atoms with Gasteiger partial charge in [0.25, 0.3) is 0 Å². The fourth-order valence-corrected chi connectivity index (χ4v) is 3.31. The minimum atomic E-state index is -0.868. The number of carbonyl (C=O) groups excluding carboxylic acids is 1. The molecule has 0 unspecified atom stereocenters. The molecule has 0 fully saturated rings. The summed E-state index contributed by atoms with van der Waals surface area (Å²) in [6.07, 6.45) is 2.29. The molecule has 0 heterocycles. The van der Waals surface area contributed by atoms with E-state index in [0.29, 0.717) is 13.0 Å². The monoisotopic (exact) mass is 387 g/mol. The molecular weight excluding hydrogens is 358 g/mol. The van der Waals surface area contributed by atoms with Gasteiger partial charge in [0.2, 0.25) is 0 Å². The van der Waals surface area contributed by atoms with Gasteiger partial charge in [0.1, 0.15) is 12.0 Å². The molecule has 0 aliphatic heterocycles. The number of rotatable bonds is 10. The van der Waals surface area contributed by atoms with Gasteiger partial charge in [0.05, 0.1) is 0 Å². The maximum atomic E-state index is 13.3. The Morgan fingerprint density at radius 3 is 1.89 bits per heavy atom. The smallest absolute Gasteiger partial charge is 0.321 e. The standard InChI is InChI=1S/C23H29NO2.ClH/c1-4-17-23(20-13-9-7-10-14-20,21-15-11-8-12-16-21)22(25)26-19-18-24(5-2)6-3;/h4,7-16H,1,5-6,17-19H2,2-3H3;1H. The quantitative estimate of drug-likeness (QED) is 0.431. The fraction of sp³-hybridized carbons (Fsp3) is 0.348. The molecule has 0 radical (unpaired) electrons. The van der Waals surface area contributed by atoms with Crippen molar-refractivity contribution in [2.24, 2.45) is 0 Å². The van der Waals surface area contributed by atoms with Crippen LogP contribution in [0.5, 0.6) is 0 Å². The van der Waals surface area contributed by atoms with Gasteiger partial charge in [-0.25, -0.2) is 0 Å². The van der Waals surface area contributed by atoms with Gasteiger partial charge in [-0.3, -0.25) is 4.79 Å². The van der Waals surface area contributed by atoms with E-state index in [1.165, 1.54) is 0 Å². The van der Waals surface area contributed by atoms with E-state index in [4.69, 9.17) is 4.74 Å². The number of hydrogen-bond donors (Lipinski definition) is 0. The molecule has 2 rings (SSSR count). The molecule has 3 nitrogen and oxygen atoms in total. The number of benzene rings is 2. The topological polar surface area (TPSA) is 29.5 Å². The van der Waals surface area contributed by atoms with Crippen LogP contribution in [0, 0.1) is 0 Å². The lowest BCUT2D eigenvalue weighted by molar-refractivity contribution is -0.149. The lowest BCUT2D eigenvalue weighted by Crippen LogP contribution is -2.40. The highest BCUT2D eigenvalue weighted by Crippen LogP contribution is 2.37. The Kier molecular flexibility index (Phi) is 9.84. The third kappa shape index (κ3) is 5.44. The van der Waals surface area contributed by atoms with Crippen LogP contribution in [0.4, 0.5) is 0 Å². The van der Waals surface area contributed by atoms with Gasteiger partial charge in [-0.1, -0.05) is 80.6 Å².